The number of rotatable bonds is 8. The lowest BCUT2D eigenvalue weighted by molar-refractivity contribution is 0.262. The van der Waals surface area contributed by atoms with Crippen molar-refractivity contribution in [3.63, 3.8) is 0 Å². The fourth-order valence-electron chi connectivity index (χ4n) is 3.82. The lowest BCUT2D eigenvalue weighted by Gasteiger charge is -2.12. The van der Waals surface area contributed by atoms with Crippen LogP contribution in [0.25, 0.3) is 26.4 Å². The number of imidazole rings is 1. The number of carbonyl (C=O) groups excluding carboxylic acids is 1. The number of urea groups is 1. The van der Waals surface area contributed by atoms with E-state index in [0.717, 1.165) is 45.3 Å². The highest BCUT2D eigenvalue weighted by Gasteiger charge is 2.20. The predicted molar refractivity (Wildman–Crippen MR) is 148 cm³/mol. The summed E-state index contributed by atoms with van der Waals surface area (Å²) in [5, 5.41) is 12.7. The minimum absolute atomic E-state index is 0.184. The van der Waals surface area contributed by atoms with Crippen LogP contribution in [0.15, 0.2) is 59.3 Å². The smallest absolute Gasteiger partial charge is 0.324 e. The third-order valence-corrected chi connectivity index (χ3v) is 6.81. The van der Waals surface area contributed by atoms with E-state index in [0.29, 0.717) is 23.9 Å². The van der Waals surface area contributed by atoms with E-state index in [-0.39, 0.29) is 11.4 Å². The Morgan fingerprint density at radius 1 is 1.11 bits per heavy atom. The minimum atomic E-state index is -0.388. The molecule has 2 aromatic carbocycles. The molecule has 0 fully saturated rings. The van der Waals surface area contributed by atoms with Gasteiger partial charge in [0, 0.05) is 35.5 Å². The number of hydrogen-bond acceptors (Lipinski definition) is 7. The summed E-state index contributed by atoms with van der Waals surface area (Å²) >= 11 is 1.63. The second-order valence-electron chi connectivity index (χ2n) is 9.70. The highest BCUT2D eigenvalue weighted by molar-refractivity contribution is 7.23. The summed E-state index contributed by atoms with van der Waals surface area (Å²) in [4.78, 5) is 18.1. The van der Waals surface area contributed by atoms with Crippen molar-refractivity contribution in [3.05, 3.63) is 60.5 Å². The third kappa shape index (κ3) is 5.60. The second kappa shape index (κ2) is 10.2. The fraction of sp³-hybridized carbons (Fsp3) is 0.296. The number of likely N-dealkylation sites (N-methyl/N-ethyl adjacent to an activating group) is 1. The number of hydrogen-bond donors (Lipinski definition) is 3. The Hall–Kier alpha value is -3.89. The van der Waals surface area contributed by atoms with Gasteiger partial charge in [-0.05, 0) is 36.9 Å². The average Bonchev–Trinajstić information content (AvgIpc) is 3.57. The van der Waals surface area contributed by atoms with E-state index in [4.69, 9.17) is 14.2 Å². The Balaban J connectivity index is 1.24. The largest absolute Gasteiger partial charge is 0.492 e. The van der Waals surface area contributed by atoms with Crippen LogP contribution in [-0.4, -0.2) is 40.3 Å². The molecule has 3 N–H and O–H groups in total. The zero-order valence-electron chi connectivity index (χ0n) is 21.3. The molecule has 0 saturated heterocycles. The topological polar surface area (TPSA) is 106 Å². The number of nitrogens with zero attached hydrogens (tertiary/aromatic N) is 3. The quantitative estimate of drug-likeness (QED) is 0.213. The van der Waals surface area contributed by atoms with Crippen LogP contribution in [0.4, 0.5) is 16.3 Å². The Bertz CT molecular complexity index is 1530. The highest BCUT2D eigenvalue weighted by Crippen LogP contribution is 2.32. The summed E-state index contributed by atoms with van der Waals surface area (Å²) in [6, 6.07) is 15.0. The molecular formula is C27H30N6O3S. The number of anilines is 2. The van der Waals surface area contributed by atoms with Crippen molar-refractivity contribution in [2.75, 3.05) is 30.3 Å². The molecule has 192 valence electrons. The normalized spacial score (nSPS) is 11.8. The van der Waals surface area contributed by atoms with Crippen LogP contribution in [0.2, 0.25) is 0 Å². The van der Waals surface area contributed by atoms with Crippen LogP contribution >= 0.6 is 11.3 Å². The first-order chi connectivity index (χ1) is 17.8. The SMILES string of the molecule is CCNCCOc1ccc2c(c1)sc1nc(-c3ccc(NC(=O)Nc4cc(C(C)(C)C)on4)cc3)cn12. The molecule has 0 aliphatic rings. The summed E-state index contributed by atoms with van der Waals surface area (Å²) < 4.78 is 14.4. The molecule has 3 aromatic heterocycles. The number of ether oxygens (including phenoxy) is 1. The molecule has 0 spiro atoms. The van der Waals surface area contributed by atoms with Crippen molar-refractivity contribution < 1.29 is 14.1 Å². The molecule has 0 aliphatic heterocycles. The van der Waals surface area contributed by atoms with Crippen LogP contribution < -0.4 is 20.7 Å². The van der Waals surface area contributed by atoms with Crippen molar-refractivity contribution in [2.45, 2.75) is 33.1 Å². The molecule has 3 heterocycles. The number of thiazole rings is 1. The molecule has 0 aliphatic carbocycles. The Kier molecular flexibility index (Phi) is 6.86. The Morgan fingerprint density at radius 3 is 2.65 bits per heavy atom. The Labute approximate surface area is 218 Å². The van der Waals surface area contributed by atoms with E-state index in [9.17, 15) is 4.79 Å². The van der Waals surface area contributed by atoms with Gasteiger partial charge in [0.05, 0.1) is 15.9 Å². The molecule has 5 rings (SSSR count). The van der Waals surface area contributed by atoms with Gasteiger partial charge in [0.2, 0.25) is 0 Å². The molecule has 0 atom stereocenters. The number of nitrogens with one attached hydrogen (secondary N) is 3. The molecule has 0 unspecified atom stereocenters. The van der Waals surface area contributed by atoms with E-state index in [1.54, 1.807) is 17.4 Å². The van der Waals surface area contributed by atoms with E-state index in [1.165, 1.54) is 0 Å². The van der Waals surface area contributed by atoms with E-state index < -0.39 is 0 Å². The van der Waals surface area contributed by atoms with Gasteiger partial charge in [-0.15, -0.1) is 0 Å². The zero-order valence-corrected chi connectivity index (χ0v) is 22.1. The van der Waals surface area contributed by atoms with Crippen molar-refractivity contribution in [2.24, 2.45) is 0 Å². The van der Waals surface area contributed by atoms with E-state index in [1.807, 2.05) is 57.3 Å². The molecule has 0 saturated carbocycles. The van der Waals surface area contributed by atoms with Gasteiger partial charge in [-0.2, -0.15) is 0 Å². The number of aromatic nitrogens is 3. The van der Waals surface area contributed by atoms with Gasteiger partial charge in [-0.25, -0.2) is 9.78 Å². The summed E-state index contributed by atoms with van der Waals surface area (Å²) in [6.45, 7) is 10.5. The first-order valence-corrected chi connectivity index (χ1v) is 13.0. The van der Waals surface area contributed by atoms with Crippen LogP contribution in [0.1, 0.15) is 33.5 Å². The van der Waals surface area contributed by atoms with Crippen molar-refractivity contribution in [3.8, 4) is 17.0 Å². The summed E-state index contributed by atoms with van der Waals surface area (Å²) in [5.74, 6) is 1.94. The van der Waals surface area contributed by atoms with Gasteiger partial charge in [0.15, 0.2) is 10.8 Å². The minimum Gasteiger partial charge on any atom is -0.492 e. The van der Waals surface area contributed by atoms with Crippen LogP contribution in [-0.2, 0) is 5.41 Å². The van der Waals surface area contributed by atoms with Crippen molar-refractivity contribution in [1.29, 1.82) is 0 Å². The maximum Gasteiger partial charge on any atom is 0.324 e. The van der Waals surface area contributed by atoms with E-state index in [2.05, 4.69) is 44.6 Å². The lowest BCUT2D eigenvalue weighted by Crippen LogP contribution is -2.20. The predicted octanol–water partition coefficient (Wildman–Crippen LogP) is 6.13. The van der Waals surface area contributed by atoms with Gasteiger partial charge in [0.1, 0.15) is 18.1 Å². The Morgan fingerprint density at radius 2 is 1.92 bits per heavy atom. The highest BCUT2D eigenvalue weighted by atomic mass is 32.1. The number of benzene rings is 2. The van der Waals surface area contributed by atoms with Crippen molar-refractivity contribution in [1.82, 2.24) is 19.9 Å². The van der Waals surface area contributed by atoms with Gasteiger partial charge in [-0.3, -0.25) is 9.72 Å². The van der Waals surface area contributed by atoms with Crippen LogP contribution in [0.3, 0.4) is 0 Å². The summed E-state index contributed by atoms with van der Waals surface area (Å²) in [5.41, 5.74) is 3.40. The van der Waals surface area contributed by atoms with Gasteiger partial charge >= 0.3 is 6.03 Å². The molecule has 2 amide bonds. The molecule has 0 bridgehead atoms. The number of carbonyl (C=O) groups is 1. The monoisotopic (exact) mass is 518 g/mol. The third-order valence-electron chi connectivity index (χ3n) is 5.79. The number of fused-ring (bicyclic) bond motifs is 3. The first kappa shape index (κ1) is 24.8. The standard InChI is InChI=1S/C27H30N6O3S/c1-5-28-12-13-35-19-10-11-21-22(14-19)37-26-30-20(16-33(21)26)17-6-8-18(9-7-17)29-25(34)31-24-15-23(36-32-24)27(2,3)4/h6-11,14-16,28H,5,12-13H2,1-4H3,(H2,29,31,32,34). The average molecular weight is 519 g/mol. The summed E-state index contributed by atoms with van der Waals surface area (Å²) in [6.07, 6.45) is 2.03. The van der Waals surface area contributed by atoms with Crippen LogP contribution in [0, 0.1) is 0 Å². The fourth-order valence-corrected chi connectivity index (χ4v) is 4.85. The second-order valence-corrected chi connectivity index (χ2v) is 10.7. The number of amides is 2. The van der Waals surface area contributed by atoms with Crippen LogP contribution in [0.5, 0.6) is 5.75 Å². The molecule has 10 heteroatoms. The van der Waals surface area contributed by atoms with Gasteiger partial charge in [-0.1, -0.05) is 56.3 Å². The molecule has 37 heavy (non-hydrogen) atoms. The maximum absolute atomic E-state index is 12.4. The molecule has 5 aromatic rings. The maximum atomic E-state index is 12.4. The van der Waals surface area contributed by atoms with Gasteiger partial charge < -0.3 is 19.9 Å². The molecular weight excluding hydrogens is 488 g/mol. The lowest BCUT2D eigenvalue weighted by atomic mass is 9.93. The van der Waals surface area contributed by atoms with Crippen molar-refractivity contribution >= 4 is 44.1 Å². The summed E-state index contributed by atoms with van der Waals surface area (Å²) in [7, 11) is 0. The zero-order chi connectivity index (χ0) is 26.0. The molecule has 9 nitrogen and oxygen atoms in total. The van der Waals surface area contributed by atoms with Gasteiger partial charge in [0.25, 0.3) is 0 Å². The molecule has 0 radical (unpaired) electrons. The van der Waals surface area contributed by atoms with E-state index >= 15 is 0 Å². The first-order valence-electron chi connectivity index (χ1n) is 12.2.